The summed E-state index contributed by atoms with van der Waals surface area (Å²) in [5.74, 6) is 1.83. The third kappa shape index (κ3) is 3.06. The average molecular weight is 495 g/mol. The Kier molecular flexibility index (Phi) is 4.32. The fourth-order valence-electron chi connectivity index (χ4n) is 5.00. The number of hydrogen-bond acceptors (Lipinski definition) is 5. The molecule has 5 nitrogen and oxygen atoms in total. The standard InChI is InChI=1S/C31H18N4OS/c1-3-11-19(12-4-1)29-32-30(20-13-5-2-6-14-20)34-31(33-29)35-23-17-9-7-15-21(23)27-25(35)26-28(37-27)22-16-8-10-18-24(22)36-26/h1-18H. The summed E-state index contributed by atoms with van der Waals surface area (Å²) in [6.07, 6.45) is 0. The van der Waals surface area contributed by atoms with Crippen molar-refractivity contribution in [3.8, 4) is 28.7 Å². The summed E-state index contributed by atoms with van der Waals surface area (Å²) in [6, 6.07) is 36.7. The first-order valence-corrected chi connectivity index (χ1v) is 12.9. The Morgan fingerprint density at radius 3 is 1.86 bits per heavy atom. The predicted molar refractivity (Wildman–Crippen MR) is 150 cm³/mol. The van der Waals surface area contributed by atoms with Crippen molar-refractivity contribution in [2.45, 2.75) is 0 Å². The van der Waals surface area contributed by atoms with Gasteiger partial charge in [-0.2, -0.15) is 9.97 Å². The van der Waals surface area contributed by atoms with Crippen LogP contribution in [0.1, 0.15) is 0 Å². The van der Waals surface area contributed by atoms with Crippen molar-refractivity contribution in [3.05, 3.63) is 109 Å². The van der Waals surface area contributed by atoms with Crippen LogP contribution in [-0.2, 0) is 0 Å². The van der Waals surface area contributed by atoms with Crippen LogP contribution in [0, 0.1) is 0 Å². The third-order valence-corrected chi connectivity index (χ3v) is 7.91. The van der Waals surface area contributed by atoms with Crippen molar-refractivity contribution in [1.29, 1.82) is 0 Å². The summed E-state index contributed by atoms with van der Waals surface area (Å²) in [5, 5.41) is 2.28. The first kappa shape index (κ1) is 20.4. The quantitative estimate of drug-likeness (QED) is 0.248. The largest absolute Gasteiger partial charge is 0.453 e. The highest BCUT2D eigenvalue weighted by atomic mass is 32.1. The van der Waals surface area contributed by atoms with Gasteiger partial charge in [0, 0.05) is 21.9 Å². The van der Waals surface area contributed by atoms with E-state index in [9.17, 15) is 0 Å². The normalized spacial score (nSPS) is 11.8. The highest BCUT2D eigenvalue weighted by Gasteiger charge is 2.24. The number of para-hydroxylation sites is 2. The van der Waals surface area contributed by atoms with Crippen LogP contribution >= 0.6 is 11.3 Å². The zero-order valence-electron chi connectivity index (χ0n) is 19.5. The molecule has 0 saturated heterocycles. The van der Waals surface area contributed by atoms with Crippen LogP contribution in [0.5, 0.6) is 0 Å². The van der Waals surface area contributed by atoms with E-state index in [2.05, 4.69) is 41.0 Å². The van der Waals surface area contributed by atoms with Gasteiger partial charge in [-0.15, -0.1) is 11.3 Å². The van der Waals surface area contributed by atoms with Crippen LogP contribution in [0.3, 0.4) is 0 Å². The molecule has 0 aliphatic heterocycles. The minimum absolute atomic E-state index is 0.569. The molecular weight excluding hydrogens is 476 g/mol. The van der Waals surface area contributed by atoms with Crippen LogP contribution < -0.4 is 0 Å². The number of fused-ring (bicyclic) bond motifs is 7. The van der Waals surface area contributed by atoms with E-state index >= 15 is 0 Å². The Bertz CT molecular complexity index is 2030. The molecule has 0 amide bonds. The number of benzene rings is 4. The lowest BCUT2D eigenvalue weighted by molar-refractivity contribution is 0.671. The zero-order valence-corrected chi connectivity index (χ0v) is 20.3. The molecule has 37 heavy (non-hydrogen) atoms. The number of furan rings is 1. The number of aromatic nitrogens is 4. The van der Waals surface area contributed by atoms with Crippen molar-refractivity contribution in [3.63, 3.8) is 0 Å². The highest BCUT2D eigenvalue weighted by molar-refractivity contribution is 7.27. The minimum atomic E-state index is 0.569. The number of hydrogen-bond donors (Lipinski definition) is 0. The smallest absolute Gasteiger partial charge is 0.238 e. The van der Waals surface area contributed by atoms with Gasteiger partial charge < -0.3 is 4.42 Å². The van der Waals surface area contributed by atoms with Gasteiger partial charge >= 0.3 is 0 Å². The molecule has 0 radical (unpaired) electrons. The zero-order chi connectivity index (χ0) is 24.3. The second kappa shape index (κ2) is 7.85. The Balaban J connectivity index is 1.51. The first-order chi connectivity index (χ1) is 18.3. The second-order valence-corrected chi connectivity index (χ2v) is 9.92. The lowest BCUT2D eigenvalue weighted by Crippen LogP contribution is -2.06. The molecule has 0 unspecified atom stereocenters. The average Bonchev–Trinajstić information content (AvgIpc) is 3.61. The molecule has 0 fully saturated rings. The van der Waals surface area contributed by atoms with Crippen LogP contribution in [0.25, 0.3) is 71.1 Å². The van der Waals surface area contributed by atoms with Crippen LogP contribution in [0.2, 0.25) is 0 Å². The topological polar surface area (TPSA) is 56.7 Å². The molecule has 4 heterocycles. The van der Waals surface area contributed by atoms with E-state index in [1.165, 1.54) is 0 Å². The van der Waals surface area contributed by atoms with Crippen molar-refractivity contribution >= 4 is 53.7 Å². The van der Waals surface area contributed by atoms with Gasteiger partial charge in [0.1, 0.15) is 11.1 Å². The second-order valence-electron chi connectivity index (χ2n) is 8.90. The molecule has 8 rings (SSSR count). The van der Waals surface area contributed by atoms with Crippen molar-refractivity contribution in [2.75, 3.05) is 0 Å². The number of nitrogens with zero attached hydrogens (tertiary/aromatic N) is 4. The molecule has 4 aromatic carbocycles. The maximum Gasteiger partial charge on any atom is 0.238 e. The monoisotopic (exact) mass is 494 g/mol. The van der Waals surface area contributed by atoms with Gasteiger partial charge in [-0.3, -0.25) is 4.57 Å². The number of rotatable bonds is 3. The van der Waals surface area contributed by atoms with Gasteiger partial charge in [0.25, 0.3) is 0 Å². The van der Waals surface area contributed by atoms with Gasteiger partial charge in [-0.05, 0) is 18.2 Å². The lowest BCUT2D eigenvalue weighted by Gasteiger charge is -2.10. The molecule has 6 heteroatoms. The summed E-state index contributed by atoms with van der Waals surface area (Å²) < 4.78 is 10.9. The molecule has 0 aliphatic carbocycles. The molecule has 0 aliphatic rings. The fraction of sp³-hybridized carbons (Fsp3) is 0. The lowest BCUT2D eigenvalue weighted by atomic mass is 10.2. The van der Waals surface area contributed by atoms with E-state index in [4.69, 9.17) is 19.4 Å². The predicted octanol–water partition coefficient (Wildman–Crippen LogP) is 8.26. The molecule has 0 saturated carbocycles. The Morgan fingerprint density at radius 1 is 0.568 bits per heavy atom. The molecular formula is C31H18N4OS. The van der Waals surface area contributed by atoms with Crippen molar-refractivity contribution in [1.82, 2.24) is 19.5 Å². The molecule has 0 spiro atoms. The highest BCUT2D eigenvalue weighted by Crippen LogP contribution is 2.45. The Morgan fingerprint density at radius 2 is 1.16 bits per heavy atom. The van der Waals surface area contributed by atoms with Crippen LogP contribution in [0.4, 0.5) is 0 Å². The summed E-state index contributed by atoms with van der Waals surface area (Å²) in [6.45, 7) is 0. The SMILES string of the molecule is c1ccc(-c2nc(-c3ccccc3)nc(-n3c4ccccc4c4sc5c6ccccc6oc5c43)n2)cc1. The van der Waals surface area contributed by atoms with E-state index < -0.39 is 0 Å². The van der Waals surface area contributed by atoms with Crippen molar-refractivity contribution < 1.29 is 4.42 Å². The molecule has 174 valence electrons. The molecule has 4 aromatic heterocycles. The number of thiophene rings is 1. The van der Waals surface area contributed by atoms with E-state index in [-0.39, 0.29) is 0 Å². The van der Waals surface area contributed by atoms with Crippen LogP contribution in [0.15, 0.2) is 114 Å². The third-order valence-electron chi connectivity index (χ3n) is 6.68. The van der Waals surface area contributed by atoms with E-state index in [1.54, 1.807) is 11.3 Å². The Hall–Kier alpha value is -4.81. The summed E-state index contributed by atoms with van der Waals surface area (Å²) in [5.41, 5.74) is 5.65. The van der Waals surface area contributed by atoms with Crippen LogP contribution in [-0.4, -0.2) is 19.5 Å². The van der Waals surface area contributed by atoms with Gasteiger partial charge in [-0.1, -0.05) is 91.0 Å². The van der Waals surface area contributed by atoms with Crippen molar-refractivity contribution in [2.24, 2.45) is 0 Å². The van der Waals surface area contributed by atoms with E-state index in [0.29, 0.717) is 17.6 Å². The maximum absolute atomic E-state index is 6.45. The summed E-state index contributed by atoms with van der Waals surface area (Å²) >= 11 is 1.76. The fourth-order valence-corrected chi connectivity index (χ4v) is 6.28. The van der Waals surface area contributed by atoms with Gasteiger partial charge in [0.2, 0.25) is 5.95 Å². The minimum Gasteiger partial charge on any atom is -0.453 e. The molecule has 0 N–H and O–H groups in total. The summed E-state index contributed by atoms with van der Waals surface area (Å²) in [4.78, 5) is 14.9. The summed E-state index contributed by atoms with van der Waals surface area (Å²) in [7, 11) is 0. The molecule has 0 atom stereocenters. The van der Waals surface area contributed by atoms with Gasteiger partial charge in [0.05, 0.1) is 14.9 Å². The maximum atomic E-state index is 6.45. The molecule has 8 aromatic rings. The molecule has 0 bridgehead atoms. The van der Waals surface area contributed by atoms with E-state index in [1.807, 2.05) is 72.8 Å². The Labute approximate surface area is 215 Å². The van der Waals surface area contributed by atoms with Gasteiger partial charge in [-0.25, -0.2) is 4.98 Å². The van der Waals surface area contributed by atoms with E-state index in [0.717, 1.165) is 53.5 Å². The van der Waals surface area contributed by atoms with Gasteiger partial charge in [0.15, 0.2) is 17.2 Å². The first-order valence-electron chi connectivity index (χ1n) is 12.1.